The van der Waals surface area contributed by atoms with E-state index in [0.29, 0.717) is 5.95 Å². The molecule has 0 saturated carbocycles. The number of halogens is 1. The highest BCUT2D eigenvalue weighted by Crippen LogP contribution is 2.28. The molecule has 0 spiro atoms. The van der Waals surface area contributed by atoms with E-state index in [-0.39, 0.29) is 6.04 Å². The molecule has 3 aromatic rings. The first-order chi connectivity index (χ1) is 8.66. The van der Waals surface area contributed by atoms with Crippen molar-refractivity contribution in [3.05, 3.63) is 45.9 Å². The molecular weight excluding hydrogens is 341 g/mol. The van der Waals surface area contributed by atoms with Gasteiger partial charge in [-0.15, -0.1) is 0 Å². The number of fused-ring (bicyclic) bond motifs is 1. The first-order valence-corrected chi connectivity index (χ1v) is 6.71. The smallest absolute Gasteiger partial charge is 0.201 e. The van der Waals surface area contributed by atoms with Crippen LogP contribution in [0.4, 0.5) is 5.95 Å². The van der Waals surface area contributed by atoms with Crippen molar-refractivity contribution in [1.82, 2.24) is 9.55 Å². The summed E-state index contributed by atoms with van der Waals surface area (Å²) in [4.78, 5) is 4.40. The van der Waals surface area contributed by atoms with Gasteiger partial charge in [-0.1, -0.05) is 0 Å². The predicted molar refractivity (Wildman–Crippen MR) is 79.4 cm³/mol. The molecule has 0 fully saturated rings. The summed E-state index contributed by atoms with van der Waals surface area (Å²) in [7, 11) is 0. The summed E-state index contributed by atoms with van der Waals surface area (Å²) in [5.74, 6) is 1.38. The van der Waals surface area contributed by atoms with Crippen molar-refractivity contribution in [1.29, 1.82) is 0 Å². The number of anilines is 1. The van der Waals surface area contributed by atoms with E-state index in [9.17, 15) is 0 Å². The Labute approximate surface area is 118 Å². The standard InChI is InChI=1S/C13H12IN3O/c1-8(12-3-2-6-18-12)17-11-5-4-9(14)7-10(11)16-13(17)15/h2-8H,1H3,(H2,15,16). The van der Waals surface area contributed by atoms with Gasteiger partial charge in [-0.3, -0.25) is 0 Å². The average molecular weight is 353 g/mol. The number of hydrogen-bond donors (Lipinski definition) is 1. The lowest BCUT2D eigenvalue weighted by Crippen LogP contribution is -2.09. The molecule has 5 heteroatoms. The van der Waals surface area contributed by atoms with E-state index in [4.69, 9.17) is 10.2 Å². The van der Waals surface area contributed by atoms with Gasteiger partial charge < -0.3 is 14.7 Å². The number of furan rings is 1. The van der Waals surface area contributed by atoms with Crippen LogP contribution in [0.1, 0.15) is 18.7 Å². The van der Waals surface area contributed by atoms with Gasteiger partial charge in [0.05, 0.1) is 23.3 Å². The van der Waals surface area contributed by atoms with Crippen LogP contribution in [0.25, 0.3) is 11.0 Å². The monoisotopic (exact) mass is 353 g/mol. The molecule has 2 heterocycles. The number of nitrogens with zero attached hydrogens (tertiary/aromatic N) is 2. The number of nitrogens with two attached hydrogens (primary N) is 1. The highest BCUT2D eigenvalue weighted by Gasteiger charge is 2.17. The van der Waals surface area contributed by atoms with E-state index in [1.165, 1.54) is 0 Å². The van der Waals surface area contributed by atoms with Crippen molar-refractivity contribution in [3.8, 4) is 0 Å². The maximum atomic E-state index is 6.02. The molecule has 3 rings (SSSR count). The van der Waals surface area contributed by atoms with Gasteiger partial charge in [0.25, 0.3) is 0 Å². The van der Waals surface area contributed by atoms with Gasteiger partial charge in [-0.25, -0.2) is 4.98 Å². The Hall–Kier alpha value is -1.50. The molecule has 1 unspecified atom stereocenters. The Kier molecular flexibility index (Phi) is 2.77. The zero-order chi connectivity index (χ0) is 12.7. The summed E-state index contributed by atoms with van der Waals surface area (Å²) in [5, 5.41) is 0. The third-order valence-electron chi connectivity index (χ3n) is 3.02. The largest absolute Gasteiger partial charge is 0.467 e. The van der Waals surface area contributed by atoms with E-state index in [2.05, 4.69) is 33.6 Å². The zero-order valence-corrected chi connectivity index (χ0v) is 12.0. The van der Waals surface area contributed by atoms with Crippen LogP contribution in [-0.4, -0.2) is 9.55 Å². The summed E-state index contributed by atoms with van der Waals surface area (Å²) >= 11 is 2.27. The molecule has 0 amide bonds. The van der Waals surface area contributed by atoms with Crippen molar-refractivity contribution < 1.29 is 4.42 Å². The summed E-state index contributed by atoms with van der Waals surface area (Å²) < 4.78 is 8.58. The van der Waals surface area contributed by atoms with Crippen molar-refractivity contribution >= 4 is 39.6 Å². The predicted octanol–water partition coefficient (Wildman–Crippen LogP) is 3.43. The Morgan fingerprint density at radius 1 is 1.39 bits per heavy atom. The minimum atomic E-state index is 0.0325. The number of hydrogen-bond acceptors (Lipinski definition) is 3. The van der Waals surface area contributed by atoms with Crippen molar-refractivity contribution in [2.24, 2.45) is 0 Å². The lowest BCUT2D eigenvalue weighted by Gasteiger charge is -2.13. The molecule has 2 N–H and O–H groups in total. The number of nitrogen functional groups attached to an aromatic ring is 1. The maximum absolute atomic E-state index is 6.02. The van der Waals surface area contributed by atoms with E-state index in [0.717, 1.165) is 20.4 Å². The van der Waals surface area contributed by atoms with Crippen LogP contribution >= 0.6 is 22.6 Å². The SMILES string of the molecule is CC(c1ccco1)n1c(N)nc2cc(I)ccc21. The zero-order valence-electron chi connectivity index (χ0n) is 9.80. The van der Waals surface area contributed by atoms with Crippen LogP contribution in [0, 0.1) is 3.57 Å². The van der Waals surface area contributed by atoms with E-state index in [1.807, 2.05) is 35.8 Å². The summed E-state index contributed by atoms with van der Waals surface area (Å²) in [6.45, 7) is 2.05. The lowest BCUT2D eigenvalue weighted by atomic mass is 10.2. The van der Waals surface area contributed by atoms with E-state index >= 15 is 0 Å². The van der Waals surface area contributed by atoms with E-state index < -0.39 is 0 Å². The van der Waals surface area contributed by atoms with Crippen molar-refractivity contribution in [3.63, 3.8) is 0 Å². The summed E-state index contributed by atoms with van der Waals surface area (Å²) in [6.07, 6.45) is 1.67. The van der Waals surface area contributed by atoms with Gasteiger partial charge in [0.2, 0.25) is 5.95 Å². The van der Waals surface area contributed by atoms with Crippen LogP contribution in [-0.2, 0) is 0 Å². The fourth-order valence-corrected chi connectivity index (χ4v) is 2.63. The first-order valence-electron chi connectivity index (χ1n) is 5.63. The van der Waals surface area contributed by atoms with Gasteiger partial charge in [0.15, 0.2) is 0 Å². The van der Waals surface area contributed by atoms with Gasteiger partial charge >= 0.3 is 0 Å². The number of benzene rings is 1. The van der Waals surface area contributed by atoms with Crippen molar-refractivity contribution in [2.45, 2.75) is 13.0 Å². The fourth-order valence-electron chi connectivity index (χ4n) is 2.15. The number of rotatable bonds is 2. The Bertz CT molecular complexity index is 688. The normalized spacial score (nSPS) is 13.0. The third kappa shape index (κ3) is 1.78. The van der Waals surface area contributed by atoms with Crippen molar-refractivity contribution in [2.75, 3.05) is 5.73 Å². The molecular formula is C13H12IN3O. The minimum Gasteiger partial charge on any atom is -0.467 e. The molecule has 1 atom stereocenters. The van der Waals surface area contributed by atoms with Gasteiger partial charge in [-0.05, 0) is 59.8 Å². The second-order valence-corrected chi connectivity index (χ2v) is 5.41. The minimum absolute atomic E-state index is 0.0325. The van der Waals surface area contributed by atoms with Crippen LogP contribution < -0.4 is 5.73 Å². The molecule has 92 valence electrons. The molecule has 0 aliphatic carbocycles. The Morgan fingerprint density at radius 2 is 2.22 bits per heavy atom. The number of imidazole rings is 1. The molecule has 4 nitrogen and oxygen atoms in total. The lowest BCUT2D eigenvalue weighted by molar-refractivity contribution is 0.453. The van der Waals surface area contributed by atoms with Gasteiger partial charge in [0, 0.05) is 3.57 Å². The molecule has 0 bridgehead atoms. The molecule has 2 aromatic heterocycles. The quantitative estimate of drug-likeness (QED) is 0.719. The Balaban J connectivity index is 2.19. The number of aromatic nitrogens is 2. The molecule has 0 radical (unpaired) electrons. The van der Waals surface area contributed by atoms with Gasteiger partial charge in [-0.2, -0.15) is 0 Å². The average Bonchev–Trinajstić information content (AvgIpc) is 2.94. The topological polar surface area (TPSA) is 57.0 Å². The molecule has 18 heavy (non-hydrogen) atoms. The maximum Gasteiger partial charge on any atom is 0.201 e. The van der Waals surface area contributed by atoms with Crippen LogP contribution in [0.3, 0.4) is 0 Å². The van der Waals surface area contributed by atoms with Gasteiger partial charge in [0.1, 0.15) is 5.76 Å². The fraction of sp³-hybridized carbons (Fsp3) is 0.154. The summed E-state index contributed by atoms with van der Waals surface area (Å²) in [6, 6.07) is 9.98. The van der Waals surface area contributed by atoms with Crippen LogP contribution in [0.5, 0.6) is 0 Å². The molecule has 0 aliphatic heterocycles. The Morgan fingerprint density at radius 3 is 2.94 bits per heavy atom. The third-order valence-corrected chi connectivity index (χ3v) is 3.69. The molecule has 0 saturated heterocycles. The molecule has 0 aliphatic rings. The second kappa shape index (κ2) is 4.31. The van der Waals surface area contributed by atoms with Crippen LogP contribution in [0.15, 0.2) is 41.0 Å². The van der Waals surface area contributed by atoms with E-state index in [1.54, 1.807) is 6.26 Å². The summed E-state index contributed by atoms with van der Waals surface area (Å²) in [5.41, 5.74) is 7.96. The highest BCUT2D eigenvalue weighted by atomic mass is 127. The second-order valence-electron chi connectivity index (χ2n) is 4.16. The molecule has 1 aromatic carbocycles. The first kappa shape index (κ1) is 11.6. The highest BCUT2D eigenvalue weighted by molar-refractivity contribution is 14.1. The van der Waals surface area contributed by atoms with Crippen LogP contribution in [0.2, 0.25) is 0 Å².